The zero-order chi connectivity index (χ0) is 14.6. The monoisotopic (exact) mass is 315 g/mol. The number of rotatable bonds is 3. The van der Waals surface area contributed by atoms with Crippen LogP contribution in [0.25, 0.3) is 0 Å². The third-order valence-corrected chi connectivity index (χ3v) is 5.13. The molecular formula is C12H17N3O3S2. The quantitative estimate of drug-likeness (QED) is 0.797. The third kappa shape index (κ3) is 3.45. The van der Waals surface area contributed by atoms with Crippen LogP contribution in [0.2, 0.25) is 0 Å². The summed E-state index contributed by atoms with van der Waals surface area (Å²) in [5, 5.41) is 6.13. The van der Waals surface area contributed by atoms with E-state index in [1.807, 2.05) is 0 Å². The molecule has 0 unspecified atom stereocenters. The van der Waals surface area contributed by atoms with Crippen LogP contribution in [-0.2, 0) is 14.8 Å². The fourth-order valence-corrected chi connectivity index (χ4v) is 3.44. The van der Waals surface area contributed by atoms with Gasteiger partial charge in [0, 0.05) is 25.8 Å². The Morgan fingerprint density at radius 2 is 2.05 bits per heavy atom. The first-order chi connectivity index (χ1) is 9.54. The molecule has 1 aromatic carbocycles. The Balaban J connectivity index is 2.23. The number of anilines is 1. The molecular weight excluding hydrogens is 298 g/mol. The smallest absolute Gasteiger partial charge is 0.243 e. The van der Waals surface area contributed by atoms with Crippen LogP contribution in [-0.4, -0.2) is 51.2 Å². The van der Waals surface area contributed by atoms with E-state index >= 15 is 0 Å². The van der Waals surface area contributed by atoms with Gasteiger partial charge in [0.25, 0.3) is 0 Å². The molecule has 1 aromatic rings. The van der Waals surface area contributed by atoms with Crippen LogP contribution in [0.4, 0.5) is 5.69 Å². The zero-order valence-electron chi connectivity index (χ0n) is 11.1. The highest BCUT2D eigenvalue weighted by molar-refractivity contribution is 7.89. The molecule has 2 N–H and O–H groups in total. The molecule has 0 bridgehead atoms. The summed E-state index contributed by atoms with van der Waals surface area (Å²) < 4.78 is 31.6. The van der Waals surface area contributed by atoms with Gasteiger partial charge < -0.3 is 15.4 Å². The molecule has 1 saturated heterocycles. The molecule has 6 nitrogen and oxygen atoms in total. The lowest BCUT2D eigenvalue weighted by molar-refractivity contribution is 0.0730. The maximum absolute atomic E-state index is 12.5. The lowest BCUT2D eigenvalue weighted by atomic mass is 10.3. The van der Waals surface area contributed by atoms with Gasteiger partial charge in [-0.15, -0.1) is 0 Å². The van der Waals surface area contributed by atoms with E-state index in [1.54, 1.807) is 31.3 Å². The molecule has 1 aliphatic heterocycles. The van der Waals surface area contributed by atoms with E-state index < -0.39 is 10.0 Å². The van der Waals surface area contributed by atoms with Crippen molar-refractivity contribution >= 4 is 33.0 Å². The summed E-state index contributed by atoms with van der Waals surface area (Å²) in [4.78, 5) is 0.253. The molecule has 110 valence electrons. The van der Waals surface area contributed by atoms with Crippen LogP contribution in [0.1, 0.15) is 0 Å². The second-order valence-corrected chi connectivity index (χ2v) is 6.59. The predicted octanol–water partition coefficient (Wildman–Crippen LogP) is 0.624. The summed E-state index contributed by atoms with van der Waals surface area (Å²) in [6.45, 7) is 1.63. The normalized spacial score (nSPS) is 16.6. The Hall–Kier alpha value is -1.22. The molecule has 0 aromatic heterocycles. The van der Waals surface area contributed by atoms with E-state index in [0.29, 0.717) is 37.1 Å². The molecule has 1 aliphatic rings. The van der Waals surface area contributed by atoms with Gasteiger partial charge in [-0.3, -0.25) is 0 Å². The molecule has 0 radical (unpaired) electrons. The summed E-state index contributed by atoms with van der Waals surface area (Å²) in [7, 11) is -1.78. The third-order valence-electron chi connectivity index (χ3n) is 2.93. The van der Waals surface area contributed by atoms with E-state index in [1.165, 1.54) is 4.31 Å². The van der Waals surface area contributed by atoms with Crippen LogP contribution >= 0.6 is 12.2 Å². The van der Waals surface area contributed by atoms with Crippen molar-refractivity contribution in [3.8, 4) is 0 Å². The highest BCUT2D eigenvalue weighted by Crippen LogP contribution is 2.20. The summed E-state index contributed by atoms with van der Waals surface area (Å²) in [6, 6.07) is 6.61. The molecule has 20 heavy (non-hydrogen) atoms. The van der Waals surface area contributed by atoms with Crippen LogP contribution in [0.3, 0.4) is 0 Å². The van der Waals surface area contributed by atoms with Crippen LogP contribution in [0.15, 0.2) is 29.2 Å². The van der Waals surface area contributed by atoms with Crippen molar-refractivity contribution in [3.05, 3.63) is 24.3 Å². The standard InChI is InChI=1S/C12H17N3O3S2/c1-13-12(19)14-10-3-2-4-11(9-10)20(16,17)15-5-7-18-8-6-15/h2-4,9H,5-8H2,1H3,(H2,13,14,19). The van der Waals surface area contributed by atoms with Crippen LogP contribution in [0.5, 0.6) is 0 Å². The maximum Gasteiger partial charge on any atom is 0.243 e. The first-order valence-corrected chi connectivity index (χ1v) is 8.05. The van der Waals surface area contributed by atoms with E-state index in [4.69, 9.17) is 17.0 Å². The molecule has 0 atom stereocenters. The Bertz CT molecular complexity index is 583. The number of nitrogens with one attached hydrogen (secondary N) is 2. The van der Waals surface area contributed by atoms with Crippen molar-refractivity contribution < 1.29 is 13.2 Å². The number of nitrogens with zero attached hydrogens (tertiary/aromatic N) is 1. The zero-order valence-corrected chi connectivity index (χ0v) is 12.8. The summed E-state index contributed by atoms with van der Waals surface area (Å²) in [5.74, 6) is 0. The van der Waals surface area contributed by atoms with E-state index in [0.717, 1.165) is 0 Å². The number of morpholine rings is 1. The lowest BCUT2D eigenvalue weighted by Crippen LogP contribution is -2.40. The van der Waals surface area contributed by atoms with Crippen molar-refractivity contribution in [2.24, 2.45) is 0 Å². The fourth-order valence-electron chi connectivity index (χ4n) is 1.86. The SMILES string of the molecule is CNC(=S)Nc1cccc(S(=O)(=O)N2CCOCC2)c1. The van der Waals surface area contributed by atoms with Crippen LogP contribution in [0, 0.1) is 0 Å². The lowest BCUT2D eigenvalue weighted by Gasteiger charge is -2.26. The van der Waals surface area contributed by atoms with Gasteiger partial charge in [0.15, 0.2) is 5.11 Å². The van der Waals surface area contributed by atoms with Gasteiger partial charge in [0.1, 0.15) is 0 Å². The highest BCUT2D eigenvalue weighted by Gasteiger charge is 2.26. The van der Waals surface area contributed by atoms with Gasteiger partial charge in [-0.2, -0.15) is 4.31 Å². The molecule has 0 aliphatic carbocycles. The first-order valence-electron chi connectivity index (χ1n) is 6.21. The highest BCUT2D eigenvalue weighted by atomic mass is 32.2. The Morgan fingerprint density at radius 3 is 2.70 bits per heavy atom. The van der Waals surface area contributed by atoms with Gasteiger partial charge in [-0.25, -0.2) is 8.42 Å². The second-order valence-electron chi connectivity index (χ2n) is 4.25. The molecule has 8 heteroatoms. The first kappa shape index (κ1) is 15.2. The number of hydrogen-bond donors (Lipinski definition) is 2. The maximum atomic E-state index is 12.5. The summed E-state index contributed by atoms with van der Waals surface area (Å²) in [6.07, 6.45) is 0. The predicted molar refractivity (Wildman–Crippen MR) is 81.3 cm³/mol. The van der Waals surface area contributed by atoms with E-state index in [9.17, 15) is 8.42 Å². The van der Waals surface area contributed by atoms with Crippen molar-refractivity contribution in [3.63, 3.8) is 0 Å². The van der Waals surface area contributed by atoms with E-state index in [-0.39, 0.29) is 4.90 Å². The van der Waals surface area contributed by atoms with Crippen molar-refractivity contribution in [1.82, 2.24) is 9.62 Å². The Labute approximate surface area is 124 Å². The van der Waals surface area contributed by atoms with Gasteiger partial charge in [-0.1, -0.05) is 6.07 Å². The van der Waals surface area contributed by atoms with Crippen molar-refractivity contribution in [2.45, 2.75) is 4.90 Å². The minimum Gasteiger partial charge on any atom is -0.379 e. The average Bonchev–Trinajstić information content (AvgIpc) is 2.48. The minimum atomic E-state index is -3.48. The van der Waals surface area contributed by atoms with Gasteiger partial charge in [0.2, 0.25) is 10.0 Å². The van der Waals surface area contributed by atoms with Gasteiger partial charge in [0.05, 0.1) is 18.1 Å². The summed E-state index contributed by atoms with van der Waals surface area (Å²) >= 11 is 5.00. The minimum absolute atomic E-state index is 0.253. The number of benzene rings is 1. The Morgan fingerprint density at radius 1 is 1.35 bits per heavy atom. The van der Waals surface area contributed by atoms with Crippen LogP contribution < -0.4 is 10.6 Å². The number of ether oxygens (including phenoxy) is 1. The molecule has 1 heterocycles. The molecule has 0 amide bonds. The number of hydrogen-bond acceptors (Lipinski definition) is 4. The molecule has 0 saturated carbocycles. The number of sulfonamides is 1. The van der Waals surface area contributed by atoms with Crippen molar-refractivity contribution in [1.29, 1.82) is 0 Å². The summed E-state index contributed by atoms with van der Waals surface area (Å²) in [5.41, 5.74) is 0.638. The topological polar surface area (TPSA) is 70.7 Å². The largest absolute Gasteiger partial charge is 0.379 e. The Kier molecular flexibility index (Phi) is 4.92. The number of thiocarbonyl (C=S) groups is 1. The molecule has 1 fully saturated rings. The fraction of sp³-hybridized carbons (Fsp3) is 0.417. The average molecular weight is 315 g/mol. The van der Waals surface area contributed by atoms with E-state index in [2.05, 4.69) is 10.6 Å². The molecule has 0 spiro atoms. The van der Waals surface area contributed by atoms with Gasteiger partial charge in [-0.05, 0) is 30.4 Å². The second kappa shape index (κ2) is 6.49. The molecule has 2 rings (SSSR count). The van der Waals surface area contributed by atoms with Gasteiger partial charge >= 0.3 is 0 Å². The van der Waals surface area contributed by atoms with Crippen molar-refractivity contribution in [2.75, 3.05) is 38.7 Å².